The number of nitrogens with one attached hydrogen (secondary N) is 2. The fourth-order valence-corrected chi connectivity index (χ4v) is 3.83. The van der Waals surface area contributed by atoms with E-state index in [9.17, 15) is 4.79 Å². The van der Waals surface area contributed by atoms with Crippen LogP contribution in [0.15, 0.2) is 40.9 Å². The Hall–Kier alpha value is -1.95. The lowest BCUT2D eigenvalue weighted by Crippen LogP contribution is -2.42. The molecule has 0 aliphatic carbocycles. The Labute approximate surface area is 140 Å². The predicted molar refractivity (Wildman–Crippen MR) is 92.3 cm³/mol. The van der Waals surface area contributed by atoms with Gasteiger partial charge in [0, 0.05) is 16.9 Å². The molecule has 2 heterocycles. The number of thioether (sulfide) groups is 1. The van der Waals surface area contributed by atoms with Crippen LogP contribution in [-0.2, 0) is 6.54 Å². The Morgan fingerprint density at radius 2 is 2.17 bits per heavy atom. The van der Waals surface area contributed by atoms with Gasteiger partial charge in [0.2, 0.25) is 5.89 Å². The van der Waals surface area contributed by atoms with E-state index < -0.39 is 0 Å². The van der Waals surface area contributed by atoms with Gasteiger partial charge in [-0.1, -0.05) is 30.3 Å². The molecule has 0 spiro atoms. The second kappa shape index (κ2) is 7.08. The van der Waals surface area contributed by atoms with Gasteiger partial charge in [0.15, 0.2) is 5.76 Å². The number of carbonyl (C=O) groups is 1. The lowest BCUT2D eigenvalue weighted by molar-refractivity contribution is 0.238. The minimum Gasteiger partial charge on any atom is -0.439 e. The van der Waals surface area contributed by atoms with Gasteiger partial charge >= 0.3 is 6.03 Å². The summed E-state index contributed by atoms with van der Waals surface area (Å²) in [5, 5.41) is 5.72. The normalized spacial score (nSPS) is 20.4. The molecule has 6 heteroatoms. The number of urea groups is 1. The molecule has 0 bridgehead atoms. The number of benzene rings is 1. The molecule has 1 aromatic carbocycles. The van der Waals surface area contributed by atoms with Crippen LogP contribution in [0.1, 0.15) is 25.7 Å². The summed E-state index contributed by atoms with van der Waals surface area (Å²) in [6, 6.07) is 9.60. The molecule has 23 heavy (non-hydrogen) atoms. The van der Waals surface area contributed by atoms with Crippen LogP contribution >= 0.6 is 11.8 Å². The molecule has 122 valence electrons. The maximum Gasteiger partial charge on any atom is 0.315 e. The van der Waals surface area contributed by atoms with Gasteiger partial charge in [0.25, 0.3) is 0 Å². The van der Waals surface area contributed by atoms with Crippen LogP contribution < -0.4 is 10.6 Å². The third-order valence-electron chi connectivity index (χ3n) is 3.94. The van der Waals surface area contributed by atoms with Crippen LogP contribution in [0.25, 0.3) is 11.3 Å². The standard InChI is InChI=1S/C17H21N3O2S/c1-17(8-5-9-23-17)12-20-16(21)19-11-15-18-10-14(22-15)13-6-3-2-4-7-13/h2-4,6-7,10H,5,8-9,11-12H2,1H3,(H2,19,20,21)/t17-/m1/s1. The second-order valence-electron chi connectivity index (χ2n) is 5.92. The van der Waals surface area contributed by atoms with Crippen molar-refractivity contribution < 1.29 is 9.21 Å². The Morgan fingerprint density at radius 1 is 1.35 bits per heavy atom. The van der Waals surface area contributed by atoms with Gasteiger partial charge in [-0.25, -0.2) is 9.78 Å². The third kappa shape index (κ3) is 4.28. The first kappa shape index (κ1) is 15.9. The summed E-state index contributed by atoms with van der Waals surface area (Å²) < 4.78 is 5.83. The lowest BCUT2D eigenvalue weighted by Gasteiger charge is -2.22. The SMILES string of the molecule is C[C@]1(CNC(=O)NCc2ncc(-c3ccccc3)o2)CCCS1. The van der Waals surface area contributed by atoms with Crippen molar-refractivity contribution in [3.63, 3.8) is 0 Å². The molecule has 1 atom stereocenters. The molecule has 1 fully saturated rings. The average molecular weight is 331 g/mol. The van der Waals surface area contributed by atoms with E-state index in [1.807, 2.05) is 42.1 Å². The van der Waals surface area contributed by atoms with E-state index in [-0.39, 0.29) is 17.3 Å². The summed E-state index contributed by atoms with van der Waals surface area (Å²) in [7, 11) is 0. The number of amides is 2. The molecule has 0 saturated carbocycles. The summed E-state index contributed by atoms with van der Waals surface area (Å²) in [4.78, 5) is 16.1. The highest BCUT2D eigenvalue weighted by molar-refractivity contribution is 8.00. The zero-order valence-electron chi connectivity index (χ0n) is 13.2. The number of nitrogens with zero attached hydrogens (tertiary/aromatic N) is 1. The first-order chi connectivity index (χ1) is 11.1. The highest BCUT2D eigenvalue weighted by Crippen LogP contribution is 2.36. The van der Waals surface area contributed by atoms with Gasteiger partial charge in [-0.3, -0.25) is 0 Å². The summed E-state index contributed by atoms with van der Waals surface area (Å²) >= 11 is 1.93. The monoisotopic (exact) mass is 331 g/mol. The predicted octanol–water partition coefficient (Wildman–Crippen LogP) is 3.43. The van der Waals surface area contributed by atoms with Crippen LogP contribution in [0.4, 0.5) is 4.79 Å². The molecule has 3 rings (SSSR count). The fraction of sp³-hybridized carbons (Fsp3) is 0.412. The Morgan fingerprint density at radius 3 is 2.91 bits per heavy atom. The molecule has 2 N–H and O–H groups in total. The van der Waals surface area contributed by atoms with Gasteiger partial charge in [-0.15, -0.1) is 0 Å². The third-order valence-corrected chi connectivity index (χ3v) is 5.47. The van der Waals surface area contributed by atoms with Crippen LogP contribution in [-0.4, -0.2) is 28.1 Å². The van der Waals surface area contributed by atoms with E-state index in [4.69, 9.17) is 4.42 Å². The van der Waals surface area contributed by atoms with E-state index >= 15 is 0 Å². The van der Waals surface area contributed by atoms with Gasteiger partial charge in [0.05, 0.1) is 12.7 Å². The second-order valence-corrected chi connectivity index (χ2v) is 7.60. The molecule has 0 radical (unpaired) electrons. The number of oxazole rings is 1. The maximum atomic E-state index is 11.9. The van der Waals surface area contributed by atoms with Crippen molar-refractivity contribution in [2.45, 2.75) is 31.1 Å². The van der Waals surface area contributed by atoms with E-state index in [2.05, 4.69) is 22.5 Å². The molecule has 2 aromatic rings. The Bertz CT molecular complexity index is 651. The van der Waals surface area contributed by atoms with Crippen LogP contribution in [0.3, 0.4) is 0 Å². The maximum absolute atomic E-state index is 11.9. The summed E-state index contributed by atoms with van der Waals surface area (Å²) in [6.45, 7) is 3.16. The molecule has 5 nitrogen and oxygen atoms in total. The Kier molecular flexibility index (Phi) is 4.91. The van der Waals surface area contributed by atoms with Gasteiger partial charge in [-0.2, -0.15) is 11.8 Å². The zero-order chi connectivity index (χ0) is 16.1. The van der Waals surface area contributed by atoms with Crippen molar-refractivity contribution in [1.29, 1.82) is 0 Å². The van der Waals surface area contributed by atoms with Gasteiger partial charge in [0.1, 0.15) is 0 Å². The number of hydrogen-bond donors (Lipinski definition) is 2. The smallest absolute Gasteiger partial charge is 0.315 e. The summed E-state index contributed by atoms with van der Waals surface area (Å²) in [6.07, 6.45) is 4.06. The molecular formula is C17H21N3O2S. The van der Waals surface area contributed by atoms with Crippen LogP contribution in [0.5, 0.6) is 0 Å². The first-order valence-electron chi connectivity index (χ1n) is 7.80. The van der Waals surface area contributed by atoms with Crippen molar-refractivity contribution in [3.05, 3.63) is 42.4 Å². The number of rotatable bonds is 5. The molecule has 0 unspecified atom stereocenters. The number of hydrogen-bond acceptors (Lipinski definition) is 4. The lowest BCUT2D eigenvalue weighted by atomic mass is 10.1. The minimum absolute atomic E-state index is 0.167. The molecule has 1 saturated heterocycles. The van der Waals surface area contributed by atoms with E-state index in [0.717, 1.165) is 12.0 Å². The topological polar surface area (TPSA) is 67.2 Å². The molecule has 1 aliphatic heterocycles. The fourth-order valence-electron chi connectivity index (χ4n) is 2.59. The van der Waals surface area contributed by atoms with Crippen LogP contribution in [0.2, 0.25) is 0 Å². The van der Waals surface area contributed by atoms with E-state index in [1.165, 1.54) is 12.2 Å². The van der Waals surface area contributed by atoms with Gasteiger partial charge < -0.3 is 15.1 Å². The van der Waals surface area contributed by atoms with Crippen LogP contribution in [0, 0.1) is 0 Å². The van der Waals surface area contributed by atoms with Crippen molar-refractivity contribution in [1.82, 2.24) is 15.6 Å². The quantitative estimate of drug-likeness (QED) is 0.881. The van der Waals surface area contributed by atoms with Crippen molar-refractivity contribution >= 4 is 17.8 Å². The van der Waals surface area contributed by atoms with E-state index in [0.29, 0.717) is 18.2 Å². The summed E-state index contributed by atoms with van der Waals surface area (Å²) in [5.41, 5.74) is 0.974. The molecule has 2 amide bonds. The highest BCUT2D eigenvalue weighted by Gasteiger charge is 2.29. The van der Waals surface area contributed by atoms with E-state index in [1.54, 1.807) is 6.20 Å². The average Bonchev–Trinajstić information content (AvgIpc) is 3.22. The largest absolute Gasteiger partial charge is 0.439 e. The van der Waals surface area contributed by atoms with Crippen molar-refractivity contribution in [3.8, 4) is 11.3 Å². The Balaban J connectivity index is 1.47. The van der Waals surface area contributed by atoms with Crippen molar-refractivity contribution in [2.75, 3.05) is 12.3 Å². The van der Waals surface area contributed by atoms with Gasteiger partial charge in [-0.05, 0) is 25.5 Å². The highest BCUT2D eigenvalue weighted by atomic mass is 32.2. The molecule has 1 aromatic heterocycles. The molecule has 1 aliphatic rings. The minimum atomic E-state index is -0.182. The summed E-state index contributed by atoms with van der Waals surface area (Å²) in [5.74, 6) is 2.39. The number of aromatic nitrogens is 1. The van der Waals surface area contributed by atoms with Crippen molar-refractivity contribution in [2.24, 2.45) is 0 Å². The number of carbonyl (C=O) groups excluding carboxylic acids is 1. The zero-order valence-corrected chi connectivity index (χ0v) is 14.0. The molecular weight excluding hydrogens is 310 g/mol. The first-order valence-corrected chi connectivity index (χ1v) is 8.79.